The van der Waals surface area contributed by atoms with E-state index in [-0.39, 0.29) is 19.0 Å². The van der Waals surface area contributed by atoms with Crippen molar-refractivity contribution in [1.82, 2.24) is 0 Å². The molecule has 0 radical (unpaired) electrons. The fourth-order valence-corrected chi connectivity index (χ4v) is 0.863. The summed E-state index contributed by atoms with van der Waals surface area (Å²) >= 11 is 0. The number of para-hydroxylation sites is 1. The Balaban J connectivity index is 0.00000169. The van der Waals surface area contributed by atoms with E-state index in [0.29, 0.717) is 5.75 Å². The molecule has 0 bridgehead atoms. The molecule has 14 heavy (non-hydrogen) atoms. The molecule has 3 N–H and O–H groups in total. The first-order valence-electron chi connectivity index (χ1n) is 3.88. The van der Waals surface area contributed by atoms with Gasteiger partial charge in [0.25, 0.3) is 0 Å². The highest BCUT2D eigenvalue weighted by molar-refractivity contribution is 5.85. The lowest BCUT2D eigenvalue weighted by molar-refractivity contribution is -0.144. The van der Waals surface area contributed by atoms with Crippen LogP contribution in [0.1, 0.15) is 0 Å². The lowest BCUT2D eigenvalue weighted by Crippen LogP contribution is -2.34. The molecular weight excluding hydrogens is 206 g/mol. The van der Waals surface area contributed by atoms with Crippen LogP contribution in [0.15, 0.2) is 30.3 Å². The second-order valence-electron chi connectivity index (χ2n) is 2.49. The molecule has 1 aromatic carbocycles. The van der Waals surface area contributed by atoms with Crippen LogP contribution in [0.5, 0.6) is 5.75 Å². The predicted octanol–water partition coefficient (Wildman–Crippen LogP) is 0.899. The van der Waals surface area contributed by atoms with Crippen molar-refractivity contribution < 1.29 is 14.6 Å². The van der Waals surface area contributed by atoms with Gasteiger partial charge >= 0.3 is 5.97 Å². The molecule has 78 valence electrons. The van der Waals surface area contributed by atoms with Crippen molar-refractivity contribution in [3.8, 4) is 5.75 Å². The number of hydrogen-bond acceptors (Lipinski definition) is 3. The van der Waals surface area contributed by atoms with Crippen LogP contribution in [-0.2, 0) is 4.79 Å². The normalized spacial score (nSPS) is 11.2. The number of aliphatic carboxylic acids is 1. The van der Waals surface area contributed by atoms with Gasteiger partial charge in [0, 0.05) is 6.54 Å². The molecule has 0 spiro atoms. The van der Waals surface area contributed by atoms with Crippen LogP contribution in [0.4, 0.5) is 0 Å². The Kier molecular flexibility index (Phi) is 5.67. The van der Waals surface area contributed by atoms with E-state index in [4.69, 9.17) is 15.6 Å². The predicted molar refractivity (Wildman–Crippen MR) is 54.8 cm³/mol. The van der Waals surface area contributed by atoms with Crippen molar-refractivity contribution in [3.63, 3.8) is 0 Å². The molecule has 0 aliphatic rings. The molecule has 4 nitrogen and oxygen atoms in total. The van der Waals surface area contributed by atoms with E-state index in [1.54, 1.807) is 24.3 Å². The molecule has 0 saturated heterocycles. The van der Waals surface area contributed by atoms with Crippen LogP contribution in [0.3, 0.4) is 0 Å². The van der Waals surface area contributed by atoms with Crippen LogP contribution in [0.25, 0.3) is 0 Å². The van der Waals surface area contributed by atoms with Gasteiger partial charge in [-0.3, -0.25) is 0 Å². The zero-order chi connectivity index (χ0) is 9.68. The zero-order valence-corrected chi connectivity index (χ0v) is 8.24. The van der Waals surface area contributed by atoms with E-state index in [1.165, 1.54) is 0 Å². The first-order chi connectivity index (χ1) is 6.24. The van der Waals surface area contributed by atoms with Gasteiger partial charge in [0.05, 0.1) is 0 Å². The smallest absolute Gasteiger partial charge is 0.346 e. The maximum atomic E-state index is 10.5. The number of hydrogen-bond donors (Lipinski definition) is 2. The van der Waals surface area contributed by atoms with E-state index < -0.39 is 12.1 Å². The molecule has 0 aliphatic heterocycles. The van der Waals surface area contributed by atoms with Gasteiger partial charge in [0.15, 0.2) is 0 Å². The van der Waals surface area contributed by atoms with Gasteiger partial charge in [0.2, 0.25) is 6.10 Å². The van der Waals surface area contributed by atoms with Crippen molar-refractivity contribution in [2.45, 2.75) is 6.10 Å². The average molecular weight is 218 g/mol. The Morgan fingerprint density at radius 2 is 2.00 bits per heavy atom. The molecule has 1 rings (SSSR count). The molecule has 1 atom stereocenters. The minimum Gasteiger partial charge on any atom is -0.478 e. The number of halogens is 1. The molecule has 0 saturated carbocycles. The summed E-state index contributed by atoms with van der Waals surface area (Å²) in [7, 11) is 0. The number of ether oxygens (including phenoxy) is 1. The van der Waals surface area contributed by atoms with Crippen molar-refractivity contribution in [2.24, 2.45) is 5.73 Å². The Morgan fingerprint density at radius 1 is 1.43 bits per heavy atom. The van der Waals surface area contributed by atoms with Crippen LogP contribution < -0.4 is 10.5 Å². The molecule has 1 aromatic rings. The van der Waals surface area contributed by atoms with Crippen molar-refractivity contribution in [1.29, 1.82) is 0 Å². The van der Waals surface area contributed by atoms with Gasteiger partial charge in [-0.05, 0) is 12.1 Å². The molecule has 0 heterocycles. The summed E-state index contributed by atoms with van der Waals surface area (Å²) in [4.78, 5) is 10.5. The molecule has 0 unspecified atom stereocenters. The molecule has 0 aliphatic carbocycles. The number of carboxylic acids is 1. The Morgan fingerprint density at radius 3 is 2.43 bits per heavy atom. The molecule has 0 amide bonds. The second kappa shape index (κ2) is 6.23. The van der Waals surface area contributed by atoms with Crippen LogP contribution in [0, 0.1) is 0 Å². The third-order valence-corrected chi connectivity index (χ3v) is 1.51. The third kappa shape index (κ3) is 3.64. The summed E-state index contributed by atoms with van der Waals surface area (Å²) in [5.41, 5.74) is 5.22. The number of carboxylic acid groups (broad SMARTS) is 1. The van der Waals surface area contributed by atoms with Crippen LogP contribution in [-0.4, -0.2) is 23.7 Å². The average Bonchev–Trinajstić information content (AvgIpc) is 2.15. The van der Waals surface area contributed by atoms with Gasteiger partial charge in [-0.15, -0.1) is 12.4 Å². The summed E-state index contributed by atoms with van der Waals surface area (Å²) in [6.07, 6.45) is -0.970. The number of benzene rings is 1. The molecular formula is C9H12ClNO3. The minimum absolute atomic E-state index is 0. The topological polar surface area (TPSA) is 72.5 Å². The summed E-state index contributed by atoms with van der Waals surface area (Å²) in [6, 6.07) is 8.73. The highest BCUT2D eigenvalue weighted by atomic mass is 35.5. The molecule has 5 heteroatoms. The van der Waals surface area contributed by atoms with E-state index in [1.807, 2.05) is 6.07 Å². The Hall–Kier alpha value is -1.26. The lowest BCUT2D eigenvalue weighted by atomic mass is 10.3. The van der Waals surface area contributed by atoms with Gasteiger partial charge in [0.1, 0.15) is 5.75 Å². The summed E-state index contributed by atoms with van der Waals surface area (Å²) in [6.45, 7) is -0.0375. The summed E-state index contributed by atoms with van der Waals surface area (Å²) in [5, 5.41) is 8.63. The highest BCUT2D eigenvalue weighted by Crippen LogP contribution is 2.10. The molecule has 0 aromatic heterocycles. The van der Waals surface area contributed by atoms with Gasteiger partial charge in [-0.25, -0.2) is 4.79 Å². The Labute approximate surface area is 88.1 Å². The van der Waals surface area contributed by atoms with E-state index in [9.17, 15) is 4.79 Å². The van der Waals surface area contributed by atoms with E-state index in [2.05, 4.69) is 0 Å². The monoisotopic (exact) mass is 217 g/mol. The summed E-state index contributed by atoms with van der Waals surface area (Å²) in [5.74, 6) is -0.535. The quantitative estimate of drug-likeness (QED) is 0.786. The number of nitrogens with two attached hydrogens (primary N) is 1. The lowest BCUT2D eigenvalue weighted by Gasteiger charge is -2.12. The second-order valence-corrected chi connectivity index (χ2v) is 2.49. The maximum Gasteiger partial charge on any atom is 0.346 e. The van der Waals surface area contributed by atoms with Crippen molar-refractivity contribution in [2.75, 3.05) is 6.54 Å². The largest absolute Gasteiger partial charge is 0.478 e. The van der Waals surface area contributed by atoms with Crippen molar-refractivity contribution >= 4 is 18.4 Å². The maximum absolute atomic E-state index is 10.5. The third-order valence-electron chi connectivity index (χ3n) is 1.51. The molecule has 0 fully saturated rings. The van der Waals surface area contributed by atoms with E-state index in [0.717, 1.165) is 0 Å². The zero-order valence-electron chi connectivity index (χ0n) is 7.42. The minimum atomic E-state index is -1.05. The fourth-order valence-electron chi connectivity index (χ4n) is 0.863. The fraction of sp³-hybridized carbons (Fsp3) is 0.222. The van der Waals surface area contributed by atoms with Crippen LogP contribution in [0.2, 0.25) is 0 Å². The van der Waals surface area contributed by atoms with Crippen molar-refractivity contribution in [3.05, 3.63) is 30.3 Å². The highest BCUT2D eigenvalue weighted by Gasteiger charge is 2.16. The van der Waals surface area contributed by atoms with Gasteiger partial charge < -0.3 is 15.6 Å². The van der Waals surface area contributed by atoms with E-state index >= 15 is 0 Å². The number of rotatable bonds is 4. The Bertz CT molecular complexity index is 279. The SMILES string of the molecule is Cl.NC[C@H](Oc1ccccc1)C(=O)O. The van der Waals surface area contributed by atoms with Crippen LogP contribution >= 0.6 is 12.4 Å². The van der Waals surface area contributed by atoms with Gasteiger partial charge in [-0.2, -0.15) is 0 Å². The standard InChI is InChI=1S/C9H11NO3.ClH/c10-6-8(9(11)12)13-7-4-2-1-3-5-7;/h1-5,8H,6,10H2,(H,11,12);1H/t8-;/m0./s1. The van der Waals surface area contributed by atoms with Gasteiger partial charge in [-0.1, -0.05) is 18.2 Å². The summed E-state index contributed by atoms with van der Waals surface area (Å²) < 4.78 is 5.10. The first kappa shape index (κ1) is 12.7. The number of carbonyl (C=O) groups is 1. The first-order valence-corrected chi connectivity index (χ1v) is 3.88.